The van der Waals surface area contributed by atoms with Crippen LogP contribution < -0.4 is 5.73 Å². The monoisotopic (exact) mass is 371 g/mol. The van der Waals surface area contributed by atoms with E-state index in [0.717, 1.165) is 4.68 Å². The third kappa shape index (κ3) is 3.64. The summed E-state index contributed by atoms with van der Waals surface area (Å²) in [5.41, 5.74) is 7.29. The van der Waals surface area contributed by atoms with Crippen molar-refractivity contribution in [3.05, 3.63) is 60.2 Å². The molecule has 3 aromatic heterocycles. The molecule has 0 radical (unpaired) electrons. The summed E-state index contributed by atoms with van der Waals surface area (Å²) < 4.78 is 47.9. The number of nitrogen functional groups attached to an aromatic ring is 1. The number of hydrogen-bond acceptors (Lipinski definition) is 7. The summed E-state index contributed by atoms with van der Waals surface area (Å²) in [5, 5.41) is 14.7. The normalized spacial score (nSPS) is 12.9. The number of pyridine rings is 1. The Morgan fingerprint density at radius 1 is 1.07 bits per heavy atom. The molecule has 0 spiro atoms. The highest BCUT2D eigenvalue weighted by molar-refractivity contribution is 5.58. The SMILES string of the molecule is [2H]C([2H])(c1ccc(-c2nnc(C(F)F)o2)cc1)n1cc(-c2ccc(N)nc2)nn1. The number of benzene rings is 1. The lowest BCUT2D eigenvalue weighted by molar-refractivity contribution is 0.116. The number of anilines is 1. The third-order valence-corrected chi connectivity index (χ3v) is 3.58. The summed E-state index contributed by atoms with van der Waals surface area (Å²) in [7, 11) is 0. The molecule has 3 heterocycles. The van der Waals surface area contributed by atoms with E-state index < -0.39 is 18.8 Å². The lowest BCUT2D eigenvalue weighted by Crippen LogP contribution is -2.00. The molecule has 10 heteroatoms. The topological polar surface area (TPSA) is 109 Å². The Hall–Kier alpha value is -3.69. The van der Waals surface area contributed by atoms with E-state index in [9.17, 15) is 8.78 Å². The van der Waals surface area contributed by atoms with E-state index in [0.29, 0.717) is 22.6 Å². The largest absolute Gasteiger partial charge is 0.415 e. The van der Waals surface area contributed by atoms with Crippen LogP contribution in [-0.2, 0) is 6.50 Å². The van der Waals surface area contributed by atoms with Gasteiger partial charge in [0.2, 0.25) is 5.89 Å². The second-order valence-corrected chi connectivity index (χ2v) is 5.46. The average Bonchev–Trinajstić information content (AvgIpc) is 3.39. The summed E-state index contributed by atoms with van der Waals surface area (Å²) >= 11 is 0. The molecule has 8 nitrogen and oxygen atoms in total. The van der Waals surface area contributed by atoms with Gasteiger partial charge in [-0.05, 0) is 29.8 Å². The molecule has 1 aromatic carbocycles. The van der Waals surface area contributed by atoms with Crippen molar-refractivity contribution in [3.63, 3.8) is 0 Å². The average molecular weight is 371 g/mol. The van der Waals surface area contributed by atoms with Crippen molar-refractivity contribution in [2.24, 2.45) is 0 Å². The molecule has 4 rings (SSSR count). The molecule has 0 aliphatic rings. The molecule has 0 saturated heterocycles. The minimum absolute atomic E-state index is 0.0775. The maximum Gasteiger partial charge on any atom is 0.314 e. The fourth-order valence-electron chi connectivity index (χ4n) is 2.27. The first-order valence-corrected chi connectivity index (χ1v) is 7.72. The summed E-state index contributed by atoms with van der Waals surface area (Å²) in [6, 6.07) is 9.27. The first-order valence-electron chi connectivity index (χ1n) is 8.72. The van der Waals surface area contributed by atoms with E-state index in [2.05, 4.69) is 25.5 Å². The van der Waals surface area contributed by atoms with Crippen molar-refractivity contribution < 1.29 is 15.9 Å². The van der Waals surface area contributed by atoms with Crippen LogP contribution in [0.25, 0.3) is 22.7 Å². The third-order valence-electron chi connectivity index (χ3n) is 3.58. The van der Waals surface area contributed by atoms with E-state index in [4.69, 9.17) is 12.9 Å². The van der Waals surface area contributed by atoms with Crippen molar-refractivity contribution in [1.82, 2.24) is 30.2 Å². The molecular weight excluding hydrogens is 356 g/mol. The quantitative estimate of drug-likeness (QED) is 0.574. The summed E-state index contributed by atoms with van der Waals surface area (Å²) in [6.45, 7) is -2.02. The highest BCUT2D eigenvalue weighted by Crippen LogP contribution is 2.23. The van der Waals surface area contributed by atoms with E-state index in [1.165, 1.54) is 36.7 Å². The molecule has 0 amide bonds. The van der Waals surface area contributed by atoms with Crippen molar-refractivity contribution >= 4 is 5.82 Å². The molecule has 0 aliphatic heterocycles. The molecule has 0 bridgehead atoms. The number of nitrogens with two attached hydrogens (primary N) is 1. The highest BCUT2D eigenvalue weighted by Gasteiger charge is 2.16. The van der Waals surface area contributed by atoms with E-state index >= 15 is 0 Å². The number of rotatable bonds is 5. The molecule has 136 valence electrons. The second-order valence-electron chi connectivity index (χ2n) is 5.46. The Bertz CT molecular complexity index is 1130. The predicted molar refractivity (Wildman–Crippen MR) is 91.5 cm³/mol. The lowest BCUT2D eigenvalue weighted by Gasteiger charge is -2.02. The van der Waals surface area contributed by atoms with Gasteiger partial charge in [0.05, 0.1) is 15.4 Å². The van der Waals surface area contributed by atoms with Gasteiger partial charge in [-0.2, -0.15) is 8.78 Å². The van der Waals surface area contributed by atoms with Gasteiger partial charge in [-0.3, -0.25) is 0 Å². The van der Waals surface area contributed by atoms with Crippen LogP contribution in [0.4, 0.5) is 14.6 Å². The first-order chi connectivity index (χ1) is 13.8. The highest BCUT2D eigenvalue weighted by atomic mass is 19.3. The predicted octanol–water partition coefficient (Wildman–Crippen LogP) is 2.96. The number of nitrogens with zero attached hydrogens (tertiary/aromatic N) is 6. The molecule has 2 N–H and O–H groups in total. The van der Waals surface area contributed by atoms with Crippen molar-refractivity contribution in [3.8, 4) is 22.7 Å². The second kappa shape index (κ2) is 6.90. The Kier molecular flexibility index (Phi) is 3.70. The minimum atomic E-state index is -2.86. The summed E-state index contributed by atoms with van der Waals surface area (Å²) in [5.74, 6) is -0.489. The maximum absolute atomic E-state index is 12.6. The van der Waals surface area contributed by atoms with Gasteiger partial charge in [0, 0.05) is 17.3 Å². The number of alkyl halides is 2. The van der Waals surface area contributed by atoms with Crippen molar-refractivity contribution in [1.29, 1.82) is 0 Å². The molecule has 0 aliphatic carbocycles. The zero-order chi connectivity index (χ0) is 20.6. The van der Waals surface area contributed by atoms with Crippen LogP contribution in [0.1, 0.15) is 20.6 Å². The van der Waals surface area contributed by atoms with E-state index in [-0.39, 0.29) is 11.5 Å². The van der Waals surface area contributed by atoms with Crippen LogP contribution >= 0.6 is 0 Å². The van der Waals surface area contributed by atoms with Crippen LogP contribution in [0.3, 0.4) is 0 Å². The Morgan fingerprint density at radius 2 is 1.85 bits per heavy atom. The fourth-order valence-corrected chi connectivity index (χ4v) is 2.27. The van der Waals surface area contributed by atoms with Gasteiger partial charge in [-0.15, -0.1) is 15.3 Å². The molecule has 0 unspecified atom stereocenters. The molecule has 0 atom stereocenters. The van der Waals surface area contributed by atoms with Gasteiger partial charge >= 0.3 is 6.43 Å². The van der Waals surface area contributed by atoms with Crippen molar-refractivity contribution in [2.75, 3.05) is 5.73 Å². The van der Waals surface area contributed by atoms with Crippen molar-refractivity contribution in [2.45, 2.75) is 12.9 Å². The van der Waals surface area contributed by atoms with Crippen LogP contribution in [-0.4, -0.2) is 30.2 Å². The lowest BCUT2D eigenvalue weighted by atomic mass is 10.1. The minimum Gasteiger partial charge on any atom is -0.415 e. The zero-order valence-corrected chi connectivity index (χ0v) is 13.6. The van der Waals surface area contributed by atoms with Gasteiger partial charge in [0.1, 0.15) is 11.5 Å². The van der Waals surface area contributed by atoms with E-state index in [1.807, 2.05) is 0 Å². The van der Waals surface area contributed by atoms with Crippen LogP contribution in [0, 0.1) is 0 Å². The van der Waals surface area contributed by atoms with Gasteiger partial charge in [0.25, 0.3) is 5.89 Å². The Labute approximate surface area is 154 Å². The number of hydrogen-bond donors (Lipinski definition) is 1. The molecule has 0 saturated carbocycles. The molecule has 4 aromatic rings. The Balaban J connectivity index is 1.59. The molecule has 27 heavy (non-hydrogen) atoms. The zero-order valence-electron chi connectivity index (χ0n) is 15.6. The number of halogens is 2. The maximum atomic E-state index is 12.6. The fraction of sp³-hybridized carbons (Fsp3) is 0.118. The first kappa shape index (κ1) is 14.5. The number of aromatic nitrogens is 6. The summed E-state index contributed by atoms with van der Waals surface area (Å²) in [4.78, 5) is 3.98. The van der Waals surface area contributed by atoms with Crippen LogP contribution in [0.15, 0.2) is 53.2 Å². The summed E-state index contributed by atoms with van der Waals surface area (Å²) in [6.07, 6.45) is 0.113. The smallest absolute Gasteiger partial charge is 0.314 e. The van der Waals surface area contributed by atoms with Crippen LogP contribution in [0.5, 0.6) is 0 Å². The van der Waals surface area contributed by atoms with Crippen LogP contribution in [0.2, 0.25) is 0 Å². The van der Waals surface area contributed by atoms with Gasteiger partial charge in [0.15, 0.2) is 0 Å². The van der Waals surface area contributed by atoms with Gasteiger partial charge in [-0.1, -0.05) is 17.3 Å². The van der Waals surface area contributed by atoms with E-state index in [1.54, 1.807) is 12.1 Å². The standard InChI is InChI=1S/C17H13F2N7O/c18-15(19)17-24-23-16(27-17)11-3-1-10(2-4-11)8-26-9-13(22-25-26)12-5-6-14(20)21-7-12/h1-7,9,15H,8H2,(H2,20,21)/i8D2. The molecular formula is C17H13F2N7O. The van der Waals surface area contributed by atoms with Gasteiger partial charge < -0.3 is 10.2 Å². The van der Waals surface area contributed by atoms with Gasteiger partial charge in [-0.25, -0.2) is 9.67 Å². The Morgan fingerprint density at radius 3 is 2.52 bits per heavy atom. The molecule has 0 fully saturated rings.